The van der Waals surface area contributed by atoms with Gasteiger partial charge in [0.1, 0.15) is 0 Å². The average molecular weight is 445 g/mol. The smallest absolute Gasteiger partial charge is 0.238 e. The molecule has 0 atom stereocenters. The molecular formula is C22H28N4O4S. The van der Waals surface area contributed by atoms with E-state index in [4.69, 9.17) is 5.14 Å². The maximum absolute atomic E-state index is 12.6. The number of amides is 2. The van der Waals surface area contributed by atoms with Crippen molar-refractivity contribution < 1.29 is 18.0 Å². The first kappa shape index (κ1) is 22.9. The second-order valence-electron chi connectivity index (χ2n) is 7.87. The molecule has 1 fully saturated rings. The van der Waals surface area contributed by atoms with Crippen molar-refractivity contribution in [2.24, 2.45) is 11.1 Å². The summed E-state index contributed by atoms with van der Waals surface area (Å²) in [7, 11) is -1.84. The summed E-state index contributed by atoms with van der Waals surface area (Å²) in [5, 5.41) is 7.89. The Morgan fingerprint density at radius 3 is 2.26 bits per heavy atom. The highest BCUT2D eigenvalue weighted by atomic mass is 32.2. The maximum atomic E-state index is 12.6. The van der Waals surface area contributed by atoms with Crippen LogP contribution in [0.4, 0.5) is 5.69 Å². The number of rotatable bonds is 7. The van der Waals surface area contributed by atoms with Crippen LogP contribution in [0.15, 0.2) is 59.5 Å². The lowest BCUT2D eigenvalue weighted by molar-refractivity contribution is -0.135. The Bertz CT molecular complexity index is 1000. The Kier molecular flexibility index (Phi) is 7.42. The molecule has 0 aliphatic carbocycles. The van der Waals surface area contributed by atoms with Crippen molar-refractivity contribution in [1.29, 1.82) is 0 Å². The van der Waals surface area contributed by atoms with Gasteiger partial charge in [0.25, 0.3) is 0 Å². The van der Waals surface area contributed by atoms with Gasteiger partial charge in [-0.3, -0.25) is 14.5 Å². The van der Waals surface area contributed by atoms with E-state index in [1.54, 1.807) is 0 Å². The number of piperidine rings is 1. The van der Waals surface area contributed by atoms with Gasteiger partial charge in [-0.2, -0.15) is 0 Å². The Balaban J connectivity index is 1.45. The largest absolute Gasteiger partial charge is 0.342 e. The van der Waals surface area contributed by atoms with E-state index in [0.717, 1.165) is 5.56 Å². The normalized spacial score (nSPS) is 15.1. The third-order valence-electron chi connectivity index (χ3n) is 5.37. The Morgan fingerprint density at radius 2 is 1.68 bits per heavy atom. The summed E-state index contributed by atoms with van der Waals surface area (Å²) < 4.78 is 22.6. The number of primary sulfonamides is 1. The molecule has 2 aromatic rings. The molecule has 2 aromatic carbocycles. The standard InChI is InChI=1S/C22H28N4O4S/c1-25(15-17-5-3-2-4-6-17)16-21(27)26-13-11-18(12-14-26)22(28)24-19-7-9-20(10-8-19)31(23,29)30/h2-10,18H,11-16H2,1H3,(H,24,28)(H2,23,29,30). The second-order valence-corrected chi connectivity index (χ2v) is 9.43. The molecule has 0 unspecified atom stereocenters. The van der Waals surface area contributed by atoms with Crippen LogP contribution in [0.1, 0.15) is 18.4 Å². The Labute approximate surface area is 183 Å². The molecule has 1 aliphatic heterocycles. The summed E-state index contributed by atoms with van der Waals surface area (Å²) in [6.45, 7) is 2.12. The van der Waals surface area contributed by atoms with Crippen LogP contribution in [0.3, 0.4) is 0 Å². The first-order valence-electron chi connectivity index (χ1n) is 10.2. The van der Waals surface area contributed by atoms with E-state index in [2.05, 4.69) is 5.32 Å². The van der Waals surface area contributed by atoms with Crippen LogP contribution < -0.4 is 10.5 Å². The highest BCUT2D eigenvalue weighted by molar-refractivity contribution is 7.89. The lowest BCUT2D eigenvalue weighted by Crippen LogP contribution is -2.45. The zero-order valence-corrected chi connectivity index (χ0v) is 18.3. The van der Waals surface area contributed by atoms with Gasteiger partial charge in [-0.1, -0.05) is 30.3 Å². The van der Waals surface area contributed by atoms with Gasteiger partial charge < -0.3 is 10.2 Å². The van der Waals surface area contributed by atoms with Gasteiger partial charge in [0, 0.05) is 31.2 Å². The number of carbonyl (C=O) groups is 2. The molecule has 0 spiro atoms. The van der Waals surface area contributed by atoms with Crippen LogP contribution in [0.5, 0.6) is 0 Å². The van der Waals surface area contributed by atoms with Gasteiger partial charge in [-0.15, -0.1) is 0 Å². The Hall–Kier alpha value is -2.75. The van der Waals surface area contributed by atoms with Crippen molar-refractivity contribution in [3.63, 3.8) is 0 Å². The molecule has 2 amide bonds. The third-order valence-corrected chi connectivity index (χ3v) is 6.30. The number of anilines is 1. The minimum absolute atomic E-state index is 0.00504. The van der Waals surface area contributed by atoms with Crippen molar-refractivity contribution in [2.45, 2.75) is 24.3 Å². The zero-order chi connectivity index (χ0) is 22.4. The number of nitrogens with one attached hydrogen (secondary N) is 1. The highest BCUT2D eigenvalue weighted by Gasteiger charge is 2.27. The van der Waals surface area contributed by atoms with E-state index in [1.165, 1.54) is 24.3 Å². The first-order chi connectivity index (χ1) is 14.7. The summed E-state index contributed by atoms with van der Waals surface area (Å²) in [6, 6.07) is 15.7. The molecule has 0 bridgehead atoms. The fourth-order valence-corrected chi connectivity index (χ4v) is 4.16. The van der Waals surface area contributed by atoms with Gasteiger partial charge in [-0.05, 0) is 49.7 Å². The van der Waals surface area contributed by atoms with E-state index >= 15 is 0 Å². The van der Waals surface area contributed by atoms with Gasteiger partial charge in [0.2, 0.25) is 21.8 Å². The third kappa shape index (κ3) is 6.61. The topological polar surface area (TPSA) is 113 Å². The van der Waals surface area contributed by atoms with Crippen LogP contribution in [-0.4, -0.2) is 56.7 Å². The van der Waals surface area contributed by atoms with E-state index in [9.17, 15) is 18.0 Å². The first-order valence-corrected chi connectivity index (χ1v) is 11.7. The molecule has 3 rings (SSSR count). The van der Waals surface area contributed by atoms with Crippen LogP contribution in [0.25, 0.3) is 0 Å². The van der Waals surface area contributed by atoms with Crippen molar-refractivity contribution >= 4 is 27.5 Å². The molecule has 8 nitrogen and oxygen atoms in total. The van der Waals surface area contributed by atoms with Crippen LogP contribution >= 0.6 is 0 Å². The van der Waals surface area contributed by atoms with E-state index in [0.29, 0.717) is 44.7 Å². The number of carbonyl (C=O) groups excluding carboxylic acids is 2. The van der Waals surface area contributed by atoms with Crippen molar-refractivity contribution in [3.05, 3.63) is 60.2 Å². The molecule has 1 saturated heterocycles. The van der Waals surface area contributed by atoms with Crippen LogP contribution in [-0.2, 0) is 26.2 Å². The number of nitrogens with zero attached hydrogens (tertiary/aromatic N) is 2. The molecule has 9 heteroatoms. The summed E-state index contributed by atoms with van der Waals surface area (Å²) in [5.41, 5.74) is 1.67. The molecule has 31 heavy (non-hydrogen) atoms. The van der Waals surface area contributed by atoms with Crippen molar-refractivity contribution in [2.75, 3.05) is 32.0 Å². The van der Waals surface area contributed by atoms with Gasteiger partial charge in [0.05, 0.1) is 11.4 Å². The number of hydrogen-bond acceptors (Lipinski definition) is 5. The lowest BCUT2D eigenvalue weighted by Gasteiger charge is -2.32. The maximum Gasteiger partial charge on any atom is 0.238 e. The van der Waals surface area contributed by atoms with E-state index < -0.39 is 10.0 Å². The number of likely N-dealkylation sites (tertiary alicyclic amines) is 1. The van der Waals surface area contributed by atoms with Crippen LogP contribution in [0, 0.1) is 5.92 Å². The summed E-state index contributed by atoms with van der Waals surface area (Å²) in [4.78, 5) is 28.9. The predicted molar refractivity (Wildman–Crippen MR) is 119 cm³/mol. The monoisotopic (exact) mass is 444 g/mol. The molecule has 166 valence electrons. The summed E-state index contributed by atoms with van der Waals surface area (Å²) >= 11 is 0. The zero-order valence-electron chi connectivity index (χ0n) is 17.5. The predicted octanol–water partition coefficient (Wildman–Crippen LogP) is 1.64. The van der Waals surface area contributed by atoms with Crippen molar-refractivity contribution in [3.8, 4) is 0 Å². The number of benzene rings is 2. The highest BCUT2D eigenvalue weighted by Crippen LogP contribution is 2.20. The number of nitrogens with two attached hydrogens (primary N) is 1. The average Bonchev–Trinajstić information content (AvgIpc) is 2.74. The molecule has 0 saturated carbocycles. The number of hydrogen-bond donors (Lipinski definition) is 2. The summed E-state index contributed by atoms with van der Waals surface area (Å²) in [5.74, 6) is -0.253. The van der Waals surface area contributed by atoms with E-state index in [-0.39, 0.29) is 22.6 Å². The van der Waals surface area contributed by atoms with Gasteiger partial charge in [0.15, 0.2) is 0 Å². The SMILES string of the molecule is CN(CC(=O)N1CCC(C(=O)Nc2ccc(S(N)(=O)=O)cc2)CC1)Cc1ccccc1. The minimum atomic E-state index is -3.76. The van der Waals surface area contributed by atoms with Crippen LogP contribution in [0.2, 0.25) is 0 Å². The Morgan fingerprint density at radius 1 is 1.06 bits per heavy atom. The fourth-order valence-electron chi connectivity index (χ4n) is 3.65. The molecule has 0 aromatic heterocycles. The second kappa shape index (κ2) is 10.0. The van der Waals surface area contributed by atoms with Gasteiger partial charge in [-0.25, -0.2) is 13.6 Å². The fraction of sp³-hybridized carbons (Fsp3) is 0.364. The molecule has 1 aliphatic rings. The van der Waals surface area contributed by atoms with E-state index in [1.807, 2.05) is 47.2 Å². The molecule has 0 radical (unpaired) electrons. The quantitative estimate of drug-likeness (QED) is 0.674. The van der Waals surface area contributed by atoms with Crippen molar-refractivity contribution in [1.82, 2.24) is 9.80 Å². The summed E-state index contributed by atoms with van der Waals surface area (Å²) in [6.07, 6.45) is 1.18. The number of likely N-dealkylation sites (N-methyl/N-ethyl adjacent to an activating group) is 1. The number of sulfonamides is 1. The molecule has 1 heterocycles. The minimum Gasteiger partial charge on any atom is -0.342 e. The molecule has 3 N–H and O–H groups in total. The lowest BCUT2D eigenvalue weighted by atomic mass is 9.95. The molecular weight excluding hydrogens is 416 g/mol. The van der Waals surface area contributed by atoms with Gasteiger partial charge >= 0.3 is 0 Å².